The van der Waals surface area contributed by atoms with Crippen LogP contribution < -0.4 is 5.73 Å². The van der Waals surface area contributed by atoms with Crippen molar-refractivity contribution in [3.8, 4) is 6.07 Å². The smallest absolute Gasteiger partial charge is 0.149 e. The number of benzene rings is 1. The Morgan fingerprint density at radius 1 is 1.31 bits per heavy atom. The second-order valence-corrected chi connectivity index (χ2v) is 6.92. The second-order valence-electron chi connectivity index (χ2n) is 6.92. The number of carbonyl (C=O) groups excluding carboxylic acids is 2. The van der Waals surface area contributed by atoms with Crippen molar-refractivity contribution < 1.29 is 9.59 Å². The van der Waals surface area contributed by atoms with E-state index >= 15 is 0 Å². The van der Waals surface area contributed by atoms with E-state index in [1.165, 1.54) is 0 Å². The molecule has 3 rings (SSSR count). The van der Waals surface area contributed by atoms with Crippen molar-refractivity contribution in [1.29, 1.82) is 5.26 Å². The molecule has 0 bridgehead atoms. The molecule has 4 atom stereocenters. The highest BCUT2D eigenvalue weighted by molar-refractivity contribution is 6.09. The first kappa shape index (κ1) is 17.8. The minimum atomic E-state index is -0.796. The lowest BCUT2D eigenvalue weighted by Gasteiger charge is -2.38. The largest absolute Gasteiger partial charge is 0.384 e. The molecule has 1 aliphatic carbocycles. The Kier molecular flexibility index (Phi) is 5.13. The van der Waals surface area contributed by atoms with Gasteiger partial charge in [-0.15, -0.1) is 0 Å². The number of anilines is 1. The first-order valence-electron chi connectivity index (χ1n) is 8.72. The van der Waals surface area contributed by atoms with Crippen LogP contribution in [-0.4, -0.2) is 16.6 Å². The van der Waals surface area contributed by atoms with Crippen molar-refractivity contribution in [2.75, 3.05) is 5.73 Å². The van der Waals surface area contributed by atoms with Crippen molar-refractivity contribution >= 4 is 17.4 Å². The Balaban J connectivity index is 1.66. The molecule has 1 aromatic carbocycles. The molecule has 2 aromatic rings. The average Bonchev–Trinajstić information content (AvgIpc) is 2.64. The third-order valence-corrected chi connectivity index (χ3v) is 5.14. The molecule has 2 N–H and O–H groups in total. The lowest BCUT2D eigenvalue weighted by molar-refractivity contribution is -0.148. The Bertz CT molecular complexity index is 857. The summed E-state index contributed by atoms with van der Waals surface area (Å²) < 4.78 is 0. The highest BCUT2D eigenvalue weighted by Gasteiger charge is 2.53. The zero-order valence-corrected chi connectivity index (χ0v) is 14.6. The van der Waals surface area contributed by atoms with Crippen LogP contribution in [0.1, 0.15) is 30.4 Å². The van der Waals surface area contributed by atoms with E-state index in [0.29, 0.717) is 12.2 Å². The highest BCUT2D eigenvalue weighted by Crippen LogP contribution is 2.41. The molecule has 0 aliphatic heterocycles. The van der Waals surface area contributed by atoms with Crippen LogP contribution in [0.15, 0.2) is 48.7 Å². The lowest BCUT2D eigenvalue weighted by atomic mass is 9.60. The fraction of sp³-hybridized carbons (Fsp3) is 0.333. The average molecular weight is 347 g/mol. The molecule has 1 saturated carbocycles. The van der Waals surface area contributed by atoms with E-state index in [2.05, 4.69) is 11.1 Å². The maximum Gasteiger partial charge on any atom is 0.149 e. The quantitative estimate of drug-likeness (QED) is 0.810. The minimum Gasteiger partial charge on any atom is -0.384 e. The number of carbonyl (C=O) groups is 2. The fourth-order valence-electron chi connectivity index (χ4n) is 3.65. The number of nitriles is 1. The Labute approximate surface area is 152 Å². The Morgan fingerprint density at radius 2 is 2.04 bits per heavy atom. The summed E-state index contributed by atoms with van der Waals surface area (Å²) in [4.78, 5) is 29.1. The maximum atomic E-state index is 12.6. The number of nitrogens with zero attached hydrogens (tertiary/aromatic N) is 2. The maximum absolute atomic E-state index is 12.6. The summed E-state index contributed by atoms with van der Waals surface area (Å²) in [5, 5.41) is 9.49. The number of rotatable bonds is 6. The van der Waals surface area contributed by atoms with Crippen molar-refractivity contribution in [1.82, 2.24) is 4.98 Å². The molecule has 26 heavy (non-hydrogen) atoms. The summed E-state index contributed by atoms with van der Waals surface area (Å²) in [7, 11) is 0. The molecular formula is C21H21N3O2. The third-order valence-electron chi connectivity index (χ3n) is 5.14. The van der Waals surface area contributed by atoms with Crippen molar-refractivity contribution in [2.45, 2.75) is 25.7 Å². The molecule has 1 heterocycles. The van der Waals surface area contributed by atoms with Gasteiger partial charge in [0.15, 0.2) is 0 Å². The van der Waals surface area contributed by atoms with Gasteiger partial charge >= 0.3 is 0 Å². The van der Waals surface area contributed by atoms with Crippen LogP contribution in [0.4, 0.5) is 5.82 Å². The summed E-state index contributed by atoms with van der Waals surface area (Å²) in [5.41, 5.74) is 7.59. The number of hydrogen-bond acceptors (Lipinski definition) is 5. The van der Waals surface area contributed by atoms with Crippen molar-refractivity contribution in [3.63, 3.8) is 0 Å². The molecule has 0 saturated heterocycles. The van der Waals surface area contributed by atoms with Crippen LogP contribution in [-0.2, 0) is 16.0 Å². The van der Waals surface area contributed by atoms with E-state index in [9.17, 15) is 14.9 Å². The van der Waals surface area contributed by atoms with Crippen molar-refractivity contribution in [3.05, 3.63) is 59.8 Å². The van der Waals surface area contributed by atoms with Crippen LogP contribution in [0.2, 0.25) is 0 Å². The second kappa shape index (κ2) is 7.49. The van der Waals surface area contributed by atoms with E-state index in [1.807, 2.05) is 37.3 Å². The number of aromatic nitrogens is 1. The molecule has 1 aromatic heterocycles. The lowest BCUT2D eigenvalue weighted by Crippen LogP contribution is -2.52. The van der Waals surface area contributed by atoms with Gasteiger partial charge in [-0.1, -0.05) is 37.3 Å². The normalized spacial score (nSPS) is 22.9. The first-order chi connectivity index (χ1) is 12.5. The number of nitrogens with two attached hydrogens (primary N) is 1. The van der Waals surface area contributed by atoms with Gasteiger partial charge in [0, 0.05) is 18.5 Å². The van der Waals surface area contributed by atoms with E-state index in [-0.39, 0.29) is 23.9 Å². The van der Waals surface area contributed by atoms with E-state index in [4.69, 9.17) is 5.73 Å². The molecular weight excluding hydrogens is 326 g/mol. The van der Waals surface area contributed by atoms with Crippen LogP contribution in [0.5, 0.6) is 0 Å². The fourth-order valence-corrected chi connectivity index (χ4v) is 3.65. The number of Topliss-reactive ketones (excluding diaryl/α,β-unsaturated/α-hetero) is 2. The molecule has 132 valence electrons. The van der Waals surface area contributed by atoms with Crippen LogP contribution in [0.3, 0.4) is 0 Å². The molecule has 5 nitrogen and oxygen atoms in total. The molecule has 0 spiro atoms. The third kappa shape index (κ3) is 3.50. The van der Waals surface area contributed by atoms with Gasteiger partial charge in [-0.25, -0.2) is 4.98 Å². The summed E-state index contributed by atoms with van der Waals surface area (Å²) in [6, 6.07) is 15.4. The van der Waals surface area contributed by atoms with Crippen LogP contribution >= 0.6 is 0 Å². The van der Waals surface area contributed by atoms with Gasteiger partial charge in [0.2, 0.25) is 0 Å². The molecule has 5 heteroatoms. The van der Waals surface area contributed by atoms with Gasteiger partial charge in [-0.3, -0.25) is 9.59 Å². The van der Waals surface area contributed by atoms with Crippen LogP contribution in [0, 0.1) is 29.1 Å². The number of pyridine rings is 1. The first-order valence-corrected chi connectivity index (χ1v) is 8.72. The van der Waals surface area contributed by atoms with Gasteiger partial charge in [-0.05, 0) is 35.6 Å². The van der Waals surface area contributed by atoms with Gasteiger partial charge < -0.3 is 5.73 Å². The summed E-state index contributed by atoms with van der Waals surface area (Å²) >= 11 is 0. The Hall–Kier alpha value is -3.00. The standard InChI is InChI=1S/C21H21N3O2/c1-13(15-5-3-2-4-6-15)9-18(25)20-17(12-22)16(21(20)26)10-14-7-8-24-19(23)11-14/h2-8,11,13,16-17,20H,9-10H2,1H3,(H2,23,24)/t13-,16+,17+,20?/m0/s1. The SMILES string of the molecule is C[C@@H](CC(=O)C1C(=O)[C@H](Cc2ccnc(N)c2)[C@H]1C#N)c1ccccc1. The highest BCUT2D eigenvalue weighted by atomic mass is 16.2. The molecule has 1 aliphatic rings. The minimum absolute atomic E-state index is 0.0230. The van der Waals surface area contributed by atoms with E-state index in [0.717, 1.165) is 11.1 Å². The monoisotopic (exact) mass is 347 g/mol. The van der Waals surface area contributed by atoms with Crippen LogP contribution in [0.25, 0.3) is 0 Å². The summed E-state index contributed by atoms with van der Waals surface area (Å²) in [6.07, 6.45) is 2.27. The topological polar surface area (TPSA) is 96.8 Å². The molecule has 1 unspecified atom stereocenters. The van der Waals surface area contributed by atoms with Gasteiger partial charge in [-0.2, -0.15) is 5.26 Å². The van der Waals surface area contributed by atoms with Gasteiger partial charge in [0.1, 0.15) is 17.4 Å². The molecule has 0 radical (unpaired) electrons. The van der Waals surface area contributed by atoms with E-state index < -0.39 is 17.8 Å². The predicted octanol–water partition coefficient (Wildman–Crippen LogP) is 2.92. The number of ketones is 2. The van der Waals surface area contributed by atoms with E-state index in [1.54, 1.807) is 18.3 Å². The summed E-state index contributed by atoms with van der Waals surface area (Å²) in [6.45, 7) is 1.97. The number of hydrogen-bond donors (Lipinski definition) is 1. The Morgan fingerprint density at radius 3 is 2.69 bits per heavy atom. The molecule has 1 fully saturated rings. The van der Waals surface area contributed by atoms with Crippen molar-refractivity contribution in [2.24, 2.45) is 17.8 Å². The zero-order chi connectivity index (χ0) is 18.7. The van der Waals surface area contributed by atoms with Gasteiger partial charge in [0.05, 0.1) is 17.9 Å². The molecule has 0 amide bonds. The van der Waals surface area contributed by atoms with Gasteiger partial charge in [0.25, 0.3) is 0 Å². The zero-order valence-electron chi connectivity index (χ0n) is 14.6. The predicted molar refractivity (Wildman–Crippen MR) is 97.9 cm³/mol. The number of nitrogen functional groups attached to an aromatic ring is 1. The summed E-state index contributed by atoms with van der Waals surface area (Å²) in [5.74, 6) is -1.66.